The maximum absolute atomic E-state index is 12.1. The summed E-state index contributed by atoms with van der Waals surface area (Å²) in [4.78, 5) is 14.2. The molecule has 0 aromatic rings. The molecule has 0 bridgehead atoms. The fourth-order valence-electron chi connectivity index (χ4n) is 2.56. The Balaban J connectivity index is 2.16. The van der Waals surface area contributed by atoms with Crippen LogP contribution < -0.4 is 11.1 Å². The number of hydrogen-bond donors (Lipinski definition) is 2. The van der Waals surface area contributed by atoms with Gasteiger partial charge in [-0.25, -0.2) is 0 Å². The second-order valence-corrected chi connectivity index (χ2v) is 6.03. The van der Waals surface area contributed by atoms with Crippen LogP contribution in [0.4, 0.5) is 0 Å². The SMILES string of the molecule is CC1CCCC(N)(C(=O)NCCOCCN(C)C)C1. The van der Waals surface area contributed by atoms with Crippen LogP contribution in [-0.2, 0) is 9.53 Å². The fourth-order valence-corrected chi connectivity index (χ4v) is 2.56. The molecule has 2 unspecified atom stereocenters. The zero-order valence-corrected chi connectivity index (χ0v) is 12.6. The van der Waals surface area contributed by atoms with E-state index in [-0.39, 0.29) is 5.91 Å². The standard InChI is InChI=1S/C14H29N3O2/c1-12-5-4-6-14(15,11-12)13(18)16-7-9-19-10-8-17(2)3/h12H,4-11,15H2,1-3H3,(H,16,18). The fraction of sp³-hybridized carbons (Fsp3) is 0.929. The van der Waals surface area contributed by atoms with E-state index < -0.39 is 5.54 Å². The average molecular weight is 271 g/mol. The van der Waals surface area contributed by atoms with E-state index in [1.54, 1.807) is 0 Å². The van der Waals surface area contributed by atoms with Gasteiger partial charge in [-0.3, -0.25) is 4.79 Å². The molecule has 5 heteroatoms. The molecule has 2 atom stereocenters. The van der Waals surface area contributed by atoms with Crippen LogP contribution in [0.5, 0.6) is 0 Å². The highest BCUT2D eigenvalue weighted by atomic mass is 16.5. The molecule has 1 rings (SSSR count). The maximum atomic E-state index is 12.1. The van der Waals surface area contributed by atoms with Crippen molar-refractivity contribution in [3.63, 3.8) is 0 Å². The summed E-state index contributed by atoms with van der Waals surface area (Å²) >= 11 is 0. The minimum Gasteiger partial charge on any atom is -0.378 e. The monoisotopic (exact) mass is 271 g/mol. The van der Waals surface area contributed by atoms with Crippen LogP contribution >= 0.6 is 0 Å². The zero-order chi connectivity index (χ0) is 14.3. The molecule has 3 N–H and O–H groups in total. The Bertz CT molecular complexity index is 284. The first-order valence-electron chi connectivity index (χ1n) is 7.24. The van der Waals surface area contributed by atoms with Gasteiger partial charge in [0.2, 0.25) is 5.91 Å². The lowest BCUT2D eigenvalue weighted by Crippen LogP contribution is -2.56. The Morgan fingerprint density at radius 1 is 1.47 bits per heavy atom. The summed E-state index contributed by atoms with van der Waals surface area (Å²) in [6, 6.07) is 0. The Morgan fingerprint density at radius 2 is 2.21 bits per heavy atom. The number of nitrogens with two attached hydrogens (primary N) is 1. The number of rotatable bonds is 7. The predicted octanol–water partition coefficient (Wildman–Crippen LogP) is 0.588. The molecule has 0 saturated heterocycles. The van der Waals surface area contributed by atoms with Crippen LogP contribution in [0.15, 0.2) is 0 Å². The molecule has 0 spiro atoms. The number of carbonyl (C=O) groups is 1. The third-order valence-electron chi connectivity index (χ3n) is 3.70. The number of ether oxygens (including phenoxy) is 1. The second kappa shape index (κ2) is 7.82. The molecule has 112 valence electrons. The number of amides is 1. The molecular weight excluding hydrogens is 242 g/mol. The quantitative estimate of drug-likeness (QED) is 0.665. The van der Waals surface area contributed by atoms with Crippen LogP contribution in [0.1, 0.15) is 32.6 Å². The Kier molecular flexibility index (Phi) is 6.75. The number of nitrogens with one attached hydrogen (secondary N) is 1. The van der Waals surface area contributed by atoms with Crippen molar-refractivity contribution in [2.45, 2.75) is 38.1 Å². The van der Waals surface area contributed by atoms with E-state index in [0.29, 0.717) is 25.7 Å². The minimum absolute atomic E-state index is 0.0183. The van der Waals surface area contributed by atoms with Gasteiger partial charge in [-0.15, -0.1) is 0 Å². The first-order valence-corrected chi connectivity index (χ1v) is 7.24. The van der Waals surface area contributed by atoms with Gasteiger partial charge in [-0.05, 0) is 32.9 Å². The van der Waals surface area contributed by atoms with Crippen LogP contribution in [0.25, 0.3) is 0 Å². The Labute approximate surface area is 116 Å². The number of likely N-dealkylation sites (N-methyl/N-ethyl adjacent to an activating group) is 1. The summed E-state index contributed by atoms with van der Waals surface area (Å²) in [7, 11) is 4.01. The number of nitrogens with zero attached hydrogens (tertiary/aromatic N) is 1. The van der Waals surface area contributed by atoms with E-state index in [1.165, 1.54) is 6.42 Å². The zero-order valence-electron chi connectivity index (χ0n) is 12.6. The van der Waals surface area contributed by atoms with E-state index in [1.807, 2.05) is 14.1 Å². The van der Waals surface area contributed by atoms with Gasteiger partial charge >= 0.3 is 0 Å². The van der Waals surface area contributed by atoms with Crippen molar-refractivity contribution in [3.05, 3.63) is 0 Å². The molecule has 1 aliphatic rings. The molecule has 1 saturated carbocycles. The van der Waals surface area contributed by atoms with E-state index in [4.69, 9.17) is 10.5 Å². The maximum Gasteiger partial charge on any atom is 0.240 e. The largest absolute Gasteiger partial charge is 0.378 e. The van der Waals surface area contributed by atoms with Crippen molar-refractivity contribution < 1.29 is 9.53 Å². The molecule has 0 aromatic carbocycles. The topological polar surface area (TPSA) is 67.6 Å². The molecular formula is C14H29N3O2. The van der Waals surface area contributed by atoms with Gasteiger partial charge in [0.15, 0.2) is 0 Å². The third-order valence-corrected chi connectivity index (χ3v) is 3.70. The highest BCUT2D eigenvalue weighted by Crippen LogP contribution is 2.30. The molecule has 0 aromatic heterocycles. The molecule has 1 fully saturated rings. The van der Waals surface area contributed by atoms with Gasteiger partial charge in [0.1, 0.15) is 0 Å². The molecule has 0 radical (unpaired) electrons. The van der Waals surface area contributed by atoms with Gasteiger partial charge in [-0.2, -0.15) is 0 Å². The van der Waals surface area contributed by atoms with Crippen LogP contribution in [0.3, 0.4) is 0 Å². The van der Waals surface area contributed by atoms with E-state index in [9.17, 15) is 4.79 Å². The third kappa shape index (κ3) is 5.89. The van der Waals surface area contributed by atoms with Crippen molar-refractivity contribution in [3.8, 4) is 0 Å². The summed E-state index contributed by atoms with van der Waals surface area (Å²) < 4.78 is 5.44. The Morgan fingerprint density at radius 3 is 2.84 bits per heavy atom. The van der Waals surface area contributed by atoms with Crippen molar-refractivity contribution in [2.24, 2.45) is 11.7 Å². The van der Waals surface area contributed by atoms with E-state index in [2.05, 4.69) is 17.1 Å². The van der Waals surface area contributed by atoms with E-state index >= 15 is 0 Å². The molecule has 1 amide bonds. The molecule has 19 heavy (non-hydrogen) atoms. The first kappa shape index (κ1) is 16.4. The molecule has 0 aliphatic heterocycles. The lowest BCUT2D eigenvalue weighted by molar-refractivity contribution is -0.128. The van der Waals surface area contributed by atoms with E-state index in [0.717, 1.165) is 25.8 Å². The normalized spacial score (nSPS) is 27.5. The summed E-state index contributed by atoms with van der Waals surface area (Å²) in [5.74, 6) is 0.524. The van der Waals surface area contributed by atoms with Crippen molar-refractivity contribution >= 4 is 5.91 Å². The Hall–Kier alpha value is -0.650. The van der Waals surface area contributed by atoms with Gasteiger partial charge < -0.3 is 20.7 Å². The number of carbonyl (C=O) groups excluding carboxylic acids is 1. The first-order chi connectivity index (χ1) is 8.94. The number of hydrogen-bond acceptors (Lipinski definition) is 4. The lowest BCUT2D eigenvalue weighted by atomic mass is 9.76. The highest BCUT2D eigenvalue weighted by Gasteiger charge is 2.37. The summed E-state index contributed by atoms with van der Waals surface area (Å²) in [5, 5.41) is 2.90. The lowest BCUT2D eigenvalue weighted by Gasteiger charge is -2.35. The van der Waals surface area contributed by atoms with Crippen LogP contribution in [0.2, 0.25) is 0 Å². The summed E-state index contributed by atoms with van der Waals surface area (Å²) in [6.07, 6.45) is 3.81. The van der Waals surface area contributed by atoms with Gasteiger partial charge in [0, 0.05) is 13.1 Å². The minimum atomic E-state index is -0.665. The highest BCUT2D eigenvalue weighted by molar-refractivity contribution is 5.86. The van der Waals surface area contributed by atoms with Gasteiger partial charge in [0.25, 0.3) is 0 Å². The summed E-state index contributed by atoms with van der Waals surface area (Å²) in [5.41, 5.74) is 5.55. The smallest absolute Gasteiger partial charge is 0.240 e. The van der Waals surface area contributed by atoms with Crippen molar-refractivity contribution in [2.75, 3.05) is 40.4 Å². The predicted molar refractivity (Wildman–Crippen MR) is 76.9 cm³/mol. The molecule has 1 aliphatic carbocycles. The van der Waals surface area contributed by atoms with Crippen LogP contribution in [-0.4, -0.2) is 56.7 Å². The van der Waals surface area contributed by atoms with Crippen LogP contribution in [0, 0.1) is 5.92 Å². The average Bonchev–Trinajstić information content (AvgIpc) is 2.32. The second-order valence-electron chi connectivity index (χ2n) is 6.03. The molecule has 0 heterocycles. The molecule has 5 nitrogen and oxygen atoms in total. The van der Waals surface area contributed by atoms with Crippen molar-refractivity contribution in [1.29, 1.82) is 0 Å². The van der Waals surface area contributed by atoms with Gasteiger partial charge in [-0.1, -0.05) is 19.8 Å². The van der Waals surface area contributed by atoms with Gasteiger partial charge in [0.05, 0.1) is 18.8 Å². The van der Waals surface area contributed by atoms with Crippen molar-refractivity contribution in [1.82, 2.24) is 10.2 Å². The summed E-state index contributed by atoms with van der Waals surface area (Å²) in [6.45, 7) is 4.84.